The predicted octanol–water partition coefficient (Wildman–Crippen LogP) is 8.06. The molecule has 0 bridgehead atoms. The van der Waals surface area contributed by atoms with Gasteiger partial charge in [0.1, 0.15) is 11.5 Å². The molecule has 0 radical (unpaired) electrons. The Labute approximate surface area is 211 Å². The quantitative estimate of drug-likeness (QED) is 0.249. The Hall–Kier alpha value is -2.73. The maximum Gasteiger partial charge on any atom is 2.00 e. The summed E-state index contributed by atoms with van der Waals surface area (Å²) in [5.74, 6) is 0.676. The van der Waals surface area contributed by atoms with Gasteiger partial charge in [-0.3, -0.25) is 0 Å². The number of hydrogen-bond donors (Lipinski definition) is 2. The standard InChI is InChI=1S/2C8H11.2C7H8O.Cr/c2*1-6-4-7(2)8(3)5-6;2*1-6-3-2-4-7(8)5-6;/h2*4-5H,1-3H3;2*2-5,8H,1H3;/q2*-1;;;+2. The zero-order chi connectivity index (χ0) is 24.3. The normalized spacial score (nSPS) is 9.21. The number of aromatic hydroxyl groups is 2. The van der Waals surface area contributed by atoms with E-state index >= 15 is 0 Å². The molecule has 0 aliphatic rings. The second-order valence-electron chi connectivity index (χ2n) is 8.48. The molecule has 4 aromatic rings. The van der Waals surface area contributed by atoms with Crippen LogP contribution in [0.25, 0.3) is 0 Å². The summed E-state index contributed by atoms with van der Waals surface area (Å²) in [6.07, 6.45) is 0. The molecule has 0 fully saturated rings. The smallest absolute Gasteiger partial charge is 0.508 e. The van der Waals surface area contributed by atoms with Crippen molar-refractivity contribution in [2.24, 2.45) is 0 Å². The average molecular weight is 483 g/mol. The molecule has 4 rings (SSSR count). The van der Waals surface area contributed by atoms with Crippen LogP contribution in [0.3, 0.4) is 0 Å². The van der Waals surface area contributed by atoms with Crippen LogP contribution in [0.4, 0.5) is 0 Å². The Balaban J connectivity index is 0.000000410. The molecule has 0 unspecified atom stereocenters. The van der Waals surface area contributed by atoms with E-state index in [4.69, 9.17) is 10.2 Å². The number of rotatable bonds is 0. The van der Waals surface area contributed by atoms with E-state index in [-0.39, 0.29) is 17.4 Å². The van der Waals surface area contributed by atoms with Crippen LogP contribution in [-0.4, -0.2) is 10.2 Å². The topological polar surface area (TPSA) is 40.5 Å². The van der Waals surface area contributed by atoms with E-state index in [1.165, 1.54) is 33.4 Å². The van der Waals surface area contributed by atoms with Crippen molar-refractivity contribution in [3.8, 4) is 11.5 Å². The summed E-state index contributed by atoms with van der Waals surface area (Å²) in [4.78, 5) is 0. The van der Waals surface area contributed by atoms with Crippen LogP contribution in [0.2, 0.25) is 0 Å². The summed E-state index contributed by atoms with van der Waals surface area (Å²) < 4.78 is 0. The van der Waals surface area contributed by atoms with Gasteiger partial charge in [-0.1, -0.05) is 65.8 Å². The minimum atomic E-state index is 0. The predicted molar refractivity (Wildman–Crippen MR) is 138 cm³/mol. The van der Waals surface area contributed by atoms with Gasteiger partial charge in [0.25, 0.3) is 0 Å². The van der Waals surface area contributed by atoms with E-state index in [9.17, 15) is 0 Å². The number of benzene rings is 2. The van der Waals surface area contributed by atoms with Crippen LogP contribution >= 0.6 is 0 Å². The first-order valence-corrected chi connectivity index (χ1v) is 10.9. The molecule has 0 aromatic heterocycles. The van der Waals surface area contributed by atoms with Crippen LogP contribution in [0.15, 0.2) is 72.8 Å². The van der Waals surface area contributed by atoms with E-state index in [1.807, 2.05) is 38.1 Å². The number of phenols is 2. The Bertz CT molecular complexity index is 925. The fourth-order valence-corrected chi connectivity index (χ4v) is 3.16. The Morgan fingerprint density at radius 2 is 0.848 bits per heavy atom. The molecule has 0 aliphatic heterocycles. The number of aryl methyl sites for hydroxylation is 8. The van der Waals surface area contributed by atoms with E-state index < -0.39 is 0 Å². The first-order chi connectivity index (χ1) is 15.0. The van der Waals surface area contributed by atoms with Gasteiger partial charge in [-0.2, -0.15) is 34.4 Å². The average Bonchev–Trinajstić information content (AvgIpc) is 3.14. The van der Waals surface area contributed by atoms with Crippen molar-refractivity contribution in [1.82, 2.24) is 0 Å². The molecule has 176 valence electrons. The molecule has 3 heteroatoms. The van der Waals surface area contributed by atoms with Gasteiger partial charge in [0.05, 0.1) is 0 Å². The second-order valence-corrected chi connectivity index (χ2v) is 8.48. The minimum Gasteiger partial charge on any atom is -0.508 e. The molecule has 0 aliphatic carbocycles. The van der Waals surface area contributed by atoms with Crippen molar-refractivity contribution in [3.63, 3.8) is 0 Å². The van der Waals surface area contributed by atoms with Crippen molar-refractivity contribution in [2.75, 3.05) is 0 Å². The van der Waals surface area contributed by atoms with Crippen LogP contribution in [0.1, 0.15) is 44.5 Å². The summed E-state index contributed by atoms with van der Waals surface area (Å²) in [5.41, 5.74) is 10.5. The first-order valence-electron chi connectivity index (χ1n) is 10.9. The van der Waals surface area contributed by atoms with Crippen LogP contribution in [0.5, 0.6) is 11.5 Å². The summed E-state index contributed by atoms with van der Waals surface area (Å²) in [7, 11) is 0. The molecule has 4 aromatic carbocycles. The van der Waals surface area contributed by atoms with Gasteiger partial charge in [-0.05, 0) is 49.2 Å². The molecule has 2 nitrogen and oxygen atoms in total. The Kier molecular flexibility index (Phi) is 13.9. The summed E-state index contributed by atoms with van der Waals surface area (Å²) in [6, 6.07) is 23.1. The molecule has 0 spiro atoms. The summed E-state index contributed by atoms with van der Waals surface area (Å²) in [5, 5.41) is 17.6. The van der Waals surface area contributed by atoms with Gasteiger partial charge in [0.2, 0.25) is 0 Å². The van der Waals surface area contributed by atoms with Crippen molar-refractivity contribution in [3.05, 3.63) is 117 Å². The van der Waals surface area contributed by atoms with Gasteiger partial charge in [0.15, 0.2) is 0 Å². The maximum atomic E-state index is 8.81. The molecular weight excluding hydrogens is 444 g/mol. The van der Waals surface area contributed by atoms with Gasteiger partial charge in [-0.15, -0.1) is 0 Å². The third-order valence-electron chi connectivity index (χ3n) is 5.02. The molecular formula is C30H38CrO2. The number of hydrogen-bond acceptors (Lipinski definition) is 2. The van der Waals surface area contributed by atoms with E-state index in [0.717, 1.165) is 11.1 Å². The van der Waals surface area contributed by atoms with Gasteiger partial charge in [-0.25, -0.2) is 23.3 Å². The van der Waals surface area contributed by atoms with Crippen molar-refractivity contribution in [2.45, 2.75) is 55.4 Å². The van der Waals surface area contributed by atoms with Gasteiger partial charge >= 0.3 is 17.4 Å². The fourth-order valence-electron chi connectivity index (χ4n) is 3.16. The fraction of sp³-hybridized carbons (Fsp3) is 0.267. The molecule has 0 amide bonds. The van der Waals surface area contributed by atoms with E-state index in [1.54, 1.807) is 24.3 Å². The first kappa shape index (κ1) is 30.3. The molecule has 33 heavy (non-hydrogen) atoms. The molecule has 0 saturated carbocycles. The summed E-state index contributed by atoms with van der Waals surface area (Å²) in [6.45, 7) is 16.7. The third-order valence-corrected chi connectivity index (χ3v) is 5.02. The van der Waals surface area contributed by atoms with Crippen molar-refractivity contribution < 1.29 is 27.6 Å². The van der Waals surface area contributed by atoms with Crippen molar-refractivity contribution >= 4 is 0 Å². The zero-order valence-electron chi connectivity index (χ0n) is 21.2. The largest absolute Gasteiger partial charge is 2.00 e. The molecule has 0 heterocycles. The molecule has 0 atom stereocenters. The third kappa shape index (κ3) is 12.8. The zero-order valence-corrected chi connectivity index (χ0v) is 22.5. The van der Waals surface area contributed by atoms with Gasteiger partial charge < -0.3 is 10.2 Å². The van der Waals surface area contributed by atoms with Crippen LogP contribution < -0.4 is 0 Å². The van der Waals surface area contributed by atoms with E-state index in [2.05, 4.69) is 65.8 Å². The van der Waals surface area contributed by atoms with Crippen molar-refractivity contribution in [1.29, 1.82) is 0 Å². The minimum absolute atomic E-state index is 0. The van der Waals surface area contributed by atoms with Gasteiger partial charge in [0, 0.05) is 0 Å². The summed E-state index contributed by atoms with van der Waals surface area (Å²) >= 11 is 0. The second kappa shape index (κ2) is 15.2. The molecule has 2 N–H and O–H groups in total. The SMILES string of the molecule is Cc1cc(C)[c-](C)c1.Cc1cc(C)[c-](C)c1.Cc1cccc(O)c1.Cc1cccc(O)c1.[Cr+2]. The van der Waals surface area contributed by atoms with Crippen LogP contribution in [-0.2, 0) is 17.4 Å². The Morgan fingerprint density at radius 1 is 0.515 bits per heavy atom. The van der Waals surface area contributed by atoms with E-state index in [0.29, 0.717) is 11.5 Å². The number of phenolic OH excluding ortho intramolecular Hbond substituents is 2. The Morgan fingerprint density at radius 3 is 0.970 bits per heavy atom. The monoisotopic (exact) mass is 482 g/mol. The maximum absolute atomic E-state index is 8.81. The van der Waals surface area contributed by atoms with Crippen LogP contribution in [0, 0.1) is 55.4 Å². The molecule has 0 saturated heterocycles.